The molecule has 2 heterocycles. The minimum atomic E-state index is -0.449. The first-order valence-electron chi connectivity index (χ1n) is 12.9. The van der Waals surface area contributed by atoms with Gasteiger partial charge in [-0.2, -0.15) is 5.10 Å². The maximum absolute atomic E-state index is 14.4. The number of carbonyl (C=O) groups is 1. The Labute approximate surface area is 225 Å². The maximum atomic E-state index is 14.4. The van der Waals surface area contributed by atoms with Gasteiger partial charge in [-0.05, 0) is 87.0 Å². The minimum Gasteiger partial charge on any atom is -0.351 e. The third-order valence-electron chi connectivity index (χ3n) is 9.68. The second kappa shape index (κ2) is 9.28. The van der Waals surface area contributed by atoms with Crippen LogP contribution in [0.15, 0.2) is 30.5 Å². The van der Waals surface area contributed by atoms with Crippen molar-refractivity contribution in [2.75, 3.05) is 0 Å². The van der Waals surface area contributed by atoms with Crippen molar-refractivity contribution < 1.29 is 9.18 Å². The van der Waals surface area contributed by atoms with Crippen molar-refractivity contribution in [2.24, 2.45) is 16.7 Å². The van der Waals surface area contributed by atoms with E-state index in [4.69, 9.17) is 16.7 Å². The number of rotatable bonds is 4. The van der Waals surface area contributed by atoms with Crippen molar-refractivity contribution in [1.82, 2.24) is 20.4 Å². The number of nitrogens with zero attached hydrogens (tertiary/aromatic N) is 2. The molecule has 2 unspecified atom stereocenters. The molecule has 1 amide bonds. The molecule has 3 fully saturated rings. The second-order valence-corrected chi connectivity index (χ2v) is 13.1. The zero-order valence-electron chi connectivity index (χ0n) is 22.1. The summed E-state index contributed by atoms with van der Waals surface area (Å²) in [5.41, 5.74) is 1.91. The van der Waals surface area contributed by atoms with Crippen molar-refractivity contribution in [3.05, 3.63) is 52.6 Å². The number of fused-ring (bicyclic) bond motifs is 2. The van der Waals surface area contributed by atoms with Gasteiger partial charge in [-0.1, -0.05) is 38.4 Å². The van der Waals surface area contributed by atoms with E-state index in [-0.39, 0.29) is 63.7 Å². The summed E-state index contributed by atoms with van der Waals surface area (Å²) in [6.07, 6.45) is 6.05. The van der Waals surface area contributed by atoms with E-state index in [9.17, 15) is 9.18 Å². The molecule has 0 radical (unpaired) electrons. The first-order chi connectivity index (χ1) is 16.3. The smallest absolute Gasteiger partial charge is 0.237 e. The lowest BCUT2D eigenvalue weighted by Gasteiger charge is -2.39. The van der Waals surface area contributed by atoms with Gasteiger partial charge in [0, 0.05) is 24.2 Å². The number of hydrogen-bond donors (Lipinski definition) is 2. The van der Waals surface area contributed by atoms with Crippen LogP contribution in [-0.2, 0) is 10.3 Å². The van der Waals surface area contributed by atoms with Crippen LogP contribution < -0.4 is 10.6 Å². The predicted octanol–water partition coefficient (Wildman–Crippen LogP) is 6.37. The van der Waals surface area contributed by atoms with E-state index in [1.54, 1.807) is 6.07 Å². The Bertz CT molecular complexity index is 1140. The number of amides is 1. The molecule has 1 saturated heterocycles. The van der Waals surface area contributed by atoms with Crippen molar-refractivity contribution in [2.45, 2.75) is 96.8 Å². The molecule has 2 bridgehead atoms. The first-order valence-corrected chi connectivity index (χ1v) is 13.3. The Morgan fingerprint density at radius 2 is 1.94 bits per heavy atom. The van der Waals surface area contributed by atoms with Gasteiger partial charge in [0.05, 0.1) is 22.3 Å². The van der Waals surface area contributed by atoms with Crippen LogP contribution in [0.2, 0.25) is 5.02 Å². The van der Waals surface area contributed by atoms with Gasteiger partial charge in [-0.25, -0.2) is 4.39 Å². The van der Waals surface area contributed by atoms with E-state index in [0.29, 0.717) is 12.3 Å². The zero-order chi connectivity index (χ0) is 25.3. The molecule has 2 saturated carbocycles. The fourth-order valence-corrected chi connectivity index (χ4v) is 7.02. The van der Waals surface area contributed by atoms with E-state index in [0.717, 1.165) is 24.1 Å². The number of benzene rings is 1. The normalized spacial score (nSPS) is 32.9. The van der Waals surface area contributed by atoms with Crippen molar-refractivity contribution in [1.29, 1.82) is 0 Å². The molecule has 2 aromatic rings. The molecule has 5 rings (SSSR count). The molecule has 8 heteroatoms. The summed E-state index contributed by atoms with van der Waals surface area (Å²) in [6, 6.07) is 6.53. The standard InChI is InChI=1S/C28H38ClFN4O.ClH/c1-26(2,3)34-12-10-21(33-34)18-15-22(31-24(18)16-7-8-19(29)20(30)13-16)25(35)32-23-14-17-9-11-28(23,6)27(17,4)5;/h7-8,10,12-13,17-18,22-24,31H,9,11,14-15H2,1-6H3,(H,32,35);1H/t17?,18?,22-,23-,24-,28-;/m0./s1. The average Bonchev–Trinajstić information content (AvgIpc) is 3.51. The zero-order valence-corrected chi connectivity index (χ0v) is 23.6. The summed E-state index contributed by atoms with van der Waals surface area (Å²) >= 11 is 5.96. The van der Waals surface area contributed by atoms with Crippen LogP contribution in [0.4, 0.5) is 4.39 Å². The van der Waals surface area contributed by atoms with Crippen molar-refractivity contribution in [3.63, 3.8) is 0 Å². The van der Waals surface area contributed by atoms with E-state index in [2.05, 4.69) is 52.2 Å². The molecule has 0 spiro atoms. The molecule has 198 valence electrons. The largest absolute Gasteiger partial charge is 0.351 e. The second-order valence-electron chi connectivity index (χ2n) is 12.7. The number of hydrogen-bond acceptors (Lipinski definition) is 3. The van der Waals surface area contributed by atoms with Gasteiger partial charge >= 0.3 is 0 Å². The van der Waals surface area contributed by atoms with Crippen molar-refractivity contribution >= 4 is 29.9 Å². The van der Waals surface area contributed by atoms with Crippen LogP contribution in [0.5, 0.6) is 0 Å². The van der Waals surface area contributed by atoms with E-state index < -0.39 is 5.82 Å². The molecule has 2 N–H and O–H groups in total. The fraction of sp³-hybridized carbons (Fsp3) is 0.643. The van der Waals surface area contributed by atoms with E-state index in [1.165, 1.54) is 12.5 Å². The Hall–Kier alpha value is -1.63. The van der Waals surface area contributed by atoms with Crippen LogP contribution in [0.3, 0.4) is 0 Å². The summed E-state index contributed by atoms with van der Waals surface area (Å²) in [5, 5.41) is 11.9. The summed E-state index contributed by atoms with van der Waals surface area (Å²) in [7, 11) is 0. The van der Waals surface area contributed by atoms with Gasteiger partial charge in [0.1, 0.15) is 5.82 Å². The van der Waals surface area contributed by atoms with Crippen LogP contribution >= 0.6 is 24.0 Å². The first kappa shape index (κ1) is 27.4. The lowest BCUT2D eigenvalue weighted by molar-refractivity contribution is -0.124. The summed E-state index contributed by atoms with van der Waals surface area (Å²) in [4.78, 5) is 13.6. The lowest BCUT2D eigenvalue weighted by atomic mass is 9.69. The van der Waals surface area contributed by atoms with Crippen LogP contribution in [0.1, 0.15) is 90.4 Å². The van der Waals surface area contributed by atoms with Crippen LogP contribution in [0.25, 0.3) is 0 Å². The van der Waals surface area contributed by atoms with Gasteiger partial charge in [0.15, 0.2) is 0 Å². The lowest BCUT2D eigenvalue weighted by Crippen LogP contribution is -2.51. The highest BCUT2D eigenvalue weighted by atomic mass is 35.5. The minimum absolute atomic E-state index is 0. The third-order valence-corrected chi connectivity index (χ3v) is 9.99. The Morgan fingerprint density at radius 3 is 2.50 bits per heavy atom. The van der Waals surface area contributed by atoms with Crippen LogP contribution in [0, 0.1) is 22.6 Å². The number of aromatic nitrogens is 2. The average molecular weight is 538 g/mol. The highest BCUT2D eigenvalue weighted by Crippen LogP contribution is 2.65. The molecule has 1 aromatic carbocycles. The van der Waals surface area contributed by atoms with Gasteiger partial charge in [-0.15, -0.1) is 12.4 Å². The Balaban J connectivity index is 0.00000304. The number of carbonyl (C=O) groups excluding carboxylic acids is 1. The van der Waals surface area contributed by atoms with Gasteiger partial charge in [0.2, 0.25) is 5.91 Å². The SMILES string of the molecule is CC(C)(C)n1ccc(C2C[C@@H](C(=O)N[C@H]3CC4CC[C@]3(C)C4(C)C)N[C@H]2c2ccc(Cl)c(F)c2)n1.Cl. The Kier molecular flexibility index (Phi) is 7.07. The fourth-order valence-electron chi connectivity index (χ4n) is 6.90. The molecule has 5 nitrogen and oxygen atoms in total. The number of nitrogens with one attached hydrogen (secondary N) is 2. The highest BCUT2D eigenvalue weighted by molar-refractivity contribution is 6.30. The molecule has 36 heavy (non-hydrogen) atoms. The molecule has 1 aliphatic heterocycles. The summed E-state index contributed by atoms with van der Waals surface area (Å²) in [6.45, 7) is 13.4. The third kappa shape index (κ3) is 4.37. The molecule has 1 aromatic heterocycles. The molecule has 6 atom stereocenters. The monoisotopic (exact) mass is 536 g/mol. The maximum Gasteiger partial charge on any atom is 0.237 e. The van der Waals surface area contributed by atoms with Crippen LogP contribution in [-0.4, -0.2) is 27.8 Å². The molecule has 2 aliphatic carbocycles. The molecular formula is C28H39Cl2FN4O. The quantitative estimate of drug-likeness (QED) is 0.477. The van der Waals surface area contributed by atoms with Gasteiger partial charge in [0.25, 0.3) is 0 Å². The molecule has 3 aliphatic rings. The number of halogens is 3. The summed E-state index contributed by atoms with van der Waals surface area (Å²) < 4.78 is 16.3. The Morgan fingerprint density at radius 1 is 1.22 bits per heavy atom. The van der Waals surface area contributed by atoms with Crippen molar-refractivity contribution in [3.8, 4) is 0 Å². The van der Waals surface area contributed by atoms with Gasteiger partial charge < -0.3 is 5.32 Å². The highest BCUT2D eigenvalue weighted by Gasteiger charge is 2.61. The van der Waals surface area contributed by atoms with E-state index in [1.807, 2.05) is 23.0 Å². The van der Waals surface area contributed by atoms with E-state index >= 15 is 0 Å². The topological polar surface area (TPSA) is 59.0 Å². The molecular weight excluding hydrogens is 498 g/mol. The predicted molar refractivity (Wildman–Crippen MR) is 144 cm³/mol. The van der Waals surface area contributed by atoms with Gasteiger partial charge in [-0.3, -0.25) is 14.8 Å². The summed E-state index contributed by atoms with van der Waals surface area (Å²) in [5.74, 6) is 0.196.